The smallest absolute Gasteiger partial charge is 0.322 e. The van der Waals surface area contributed by atoms with E-state index in [2.05, 4.69) is 11.2 Å². The fourth-order valence-corrected chi connectivity index (χ4v) is 1.68. The second-order valence-electron chi connectivity index (χ2n) is 4.39. The third kappa shape index (κ3) is 5.02. The number of nitrogens with zero attached hydrogens (tertiary/aromatic N) is 1. The summed E-state index contributed by atoms with van der Waals surface area (Å²) in [5.74, 6) is 1.53. The number of carboxylic acid groups (broad SMARTS) is 1. The Morgan fingerprint density at radius 2 is 2.05 bits per heavy atom. The van der Waals surface area contributed by atoms with Gasteiger partial charge in [-0.15, -0.1) is 12.3 Å². The zero-order valence-electron chi connectivity index (χ0n) is 11.4. The van der Waals surface area contributed by atoms with Crippen LogP contribution in [0.25, 0.3) is 0 Å². The van der Waals surface area contributed by atoms with Crippen LogP contribution in [-0.2, 0) is 4.79 Å². The van der Waals surface area contributed by atoms with E-state index in [-0.39, 0.29) is 25.0 Å². The van der Waals surface area contributed by atoms with Crippen LogP contribution in [0.2, 0.25) is 0 Å². The van der Waals surface area contributed by atoms with Gasteiger partial charge >= 0.3 is 12.0 Å². The van der Waals surface area contributed by atoms with Gasteiger partial charge in [-0.1, -0.05) is 18.2 Å². The molecule has 0 saturated carbocycles. The first-order chi connectivity index (χ1) is 9.54. The number of nitrogens with one attached hydrogen (secondary N) is 1. The maximum absolute atomic E-state index is 12.2. The molecule has 0 aliphatic heterocycles. The van der Waals surface area contributed by atoms with Gasteiger partial charge in [0.2, 0.25) is 0 Å². The van der Waals surface area contributed by atoms with Crippen LogP contribution in [0.4, 0.5) is 10.5 Å². The van der Waals surface area contributed by atoms with Crippen molar-refractivity contribution in [3.05, 3.63) is 30.3 Å². The van der Waals surface area contributed by atoms with Gasteiger partial charge in [-0.05, 0) is 19.1 Å². The van der Waals surface area contributed by atoms with Crippen molar-refractivity contribution >= 4 is 17.7 Å². The molecule has 0 saturated heterocycles. The van der Waals surface area contributed by atoms with E-state index in [9.17, 15) is 9.59 Å². The highest BCUT2D eigenvalue weighted by Gasteiger charge is 2.18. The number of amides is 2. The van der Waals surface area contributed by atoms with Crippen LogP contribution in [-0.4, -0.2) is 29.7 Å². The Labute approximate surface area is 118 Å². The summed E-state index contributed by atoms with van der Waals surface area (Å²) in [6, 6.07) is 8.42. The summed E-state index contributed by atoms with van der Waals surface area (Å²) in [6.45, 7) is 1.91. The molecule has 106 valence electrons. The molecule has 1 aromatic rings. The monoisotopic (exact) mass is 274 g/mol. The fraction of sp³-hybridized carbons (Fsp3) is 0.333. The normalized spacial score (nSPS) is 11.2. The lowest BCUT2D eigenvalue weighted by Crippen LogP contribution is -2.44. The first-order valence-electron chi connectivity index (χ1n) is 6.33. The Bertz CT molecular complexity index is 494. The Kier molecular flexibility index (Phi) is 6.11. The van der Waals surface area contributed by atoms with E-state index in [1.165, 1.54) is 4.90 Å². The molecule has 0 heterocycles. The predicted molar refractivity (Wildman–Crippen MR) is 77.5 cm³/mol. The van der Waals surface area contributed by atoms with Gasteiger partial charge in [0.15, 0.2) is 0 Å². The van der Waals surface area contributed by atoms with Gasteiger partial charge < -0.3 is 10.4 Å². The third-order valence-corrected chi connectivity index (χ3v) is 2.66. The minimum atomic E-state index is -0.949. The minimum absolute atomic E-state index is 0.105. The predicted octanol–water partition coefficient (Wildman–Crippen LogP) is 2.09. The largest absolute Gasteiger partial charge is 0.481 e. The maximum atomic E-state index is 12.2. The number of terminal acetylenes is 1. The average molecular weight is 274 g/mol. The van der Waals surface area contributed by atoms with Gasteiger partial charge in [-0.3, -0.25) is 9.69 Å². The van der Waals surface area contributed by atoms with Crippen LogP contribution in [0.15, 0.2) is 30.3 Å². The lowest BCUT2D eigenvalue weighted by Gasteiger charge is -2.24. The molecule has 1 unspecified atom stereocenters. The summed E-state index contributed by atoms with van der Waals surface area (Å²) in [5, 5.41) is 11.5. The lowest BCUT2D eigenvalue weighted by molar-refractivity contribution is -0.136. The molecule has 2 N–H and O–H groups in total. The summed E-state index contributed by atoms with van der Waals surface area (Å²) in [4.78, 5) is 24.3. The number of carbonyl (C=O) groups excluding carboxylic acids is 1. The molecule has 0 spiro atoms. The number of hydrogen-bond acceptors (Lipinski definition) is 2. The molecular weight excluding hydrogens is 256 g/mol. The number of benzene rings is 1. The van der Waals surface area contributed by atoms with Crippen molar-refractivity contribution in [3.63, 3.8) is 0 Å². The summed E-state index contributed by atoms with van der Waals surface area (Å²) in [6.07, 6.45) is 5.50. The highest BCUT2D eigenvalue weighted by molar-refractivity contribution is 5.92. The Morgan fingerprint density at radius 1 is 1.40 bits per heavy atom. The number of carboxylic acids is 1. The molecule has 5 nitrogen and oxygen atoms in total. The summed E-state index contributed by atoms with van der Waals surface area (Å²) < 4.78 is 0. The van der Waals surface area contributed by atoms with Crippen molar-refractivity contribution in [2.24, 2.45) is 0 Å². The zero-order chi connectivity index (χ0) is 15.0. The van der Waals surface area contributed by atoms with Crippen molar-refractivity contribution in [1.29, 1.82) is 0 Å². The van der Waals surface area contributed by atoms with E-state index in [1.807, 2.05) is 6.07 Å². The van der Waals surface area contributed by atoms with E-state index in [0.717, 1.165) is 0 Å². The van der Waals surface area contributed by atoms with Crippen LogP contribution in [0.5, 0.6) is 0 Å². The number of urea groups is 1. The number of carbonyl (C=O) groups is 2. The van der Waals surface area contributed by atoms with Gasteiger partial charge in [0.05, 0.1) is 6.42 Å². The molecular formula is C15H18N2O3. The molecule has 0 aliphatic carbocycles. The van der Waals surface area contributed by atoms with Crippen molar-refractivity contribution in [3.8, 4) is 12.3 Å². The van der Waals surface area contributed by atoms with Crippen LogP contribution in [0.1, 0.15) is 19.8 Å². The molecule has 1 atom stereocenters. The minimum Gasteiger partial charge on any atom is -0.481 e. The van der Waals surface area contributed by atoms with Crippen molar-refractivity contribution in [2.45, 2.75) is 25.8 Å². The van der Waals surface area contributed by atoms with Gasteiger partial charge in [-0.2, -0.15) is 0 Å². The van der Waals surface area contributed by atoms with E-state index in [4.69, 9.17) is 11.5 Å². The van der Waals surface area contributed by atoms with Crippen LogP contribution < -0.4 is 10.2 Å². The lowest BCUT2D eigenvalue weighted by atomic mass is 10.2. The van der Waals surface area contributed by atoms with Gasteiger partial charge in [0.25, 0.3) is 0 Å². The molecule has 2 amide bonds. The molecule has 0 aliphatic rings. The van der Waals surface area contributed by atoms with Crippen LogP contribution >= 0.6 is 0 Å². The highest BCUT2D eigenvalue weighted by atomic mass is 16.4. The zero-order valence-corrected chi connectivity index (χ0v) is 11.4. The van der Waals surface area contributed by atoms with Gasteiger partial charge in [-0.25, -0.2) is 4.79 Å². The Balaban J connectivity index is 2.79. The molecule has 0 radical (unpaired) electrons. The number of anilines is 1. The van der Waals surface area contributed by atoms with Gasteiger partial charge in [0, 0.05) is 24.7 Å². The van der Waals surface area contributed by atoms with E-state index in [1.54, 1.807) is 31.2 Å². The SMILES string of the molecule is C#CCC(C)NC(=O)N(CCC(=O)O)c1ccccc1. The van der Waals surface area contributed by atoms with Crippen molar-refractivity contribution < 1.29 is 14.7 Å². The second-order valence-corrected chi connectivity index (χ2v) is 4.39. The topological polar surface area (TPSA) is 69.6 Å². The third-order valence-electron chi connectivity index (χ3n) is 2.66. The Hall–Kier alpha value is -2.48. The van der Waals surface area contributed by atoms with Crippen molar-refractivity contribution in [1.82, 2.24) is 5.32 Å². The molecule has 0 aromatic heterocycles. The average Bonchev–Trinajstić information content (AvgIpc) is 2.40. The summed E-state index contributed by atoms with van der Waals surface area (Å²) in [5.41, 5.74) is 0.652. The standard InChI is InChI=1S/C15H18N2O3/c1-3-7-12(2)16-15(20)17(11-10-14(18)19)13-8-5-4-6-9-13/h1,4-6,8-9,12H,7,10-11H2,2H3,(H,16,20)(H,18,19). The number of rotatable bonds is 6. The van der Waals surface area contributed by atoms with Crippen LogP contribution in [0.3, 0.4) is 0 Å². The van der Waals surface area contributed by atoms with Gasteiger partial charge in [0.1, 0.15) is 0 Å². The highest BCUT2D eigenvalue weighted by Crippen LogP contribution is 2.14. The molecule has 1 aromatic carbocycles. The number of hydrogen-bond donors (Lipinski definition) is 2. The van der Waals surface area contributed by atoms with E-state index in [0.29, 0.717) is 12.1 Å². The first kappa shape index (κ1) is 15.6. The Morgan fingerprint density at radius 3 is 2.60 bits per heavy atom. The number of aliphatic carboxylic acids is 1. The first-order valence-corrected chi connectivity index (χ1v) is 6.33. The maximum Gasteiger partial charge on any atom is 0.322 e. The molecule has 1 rings (SSSR count). The van der Waals surface area contributed by atoms with E-state index >= 15 is 0 Å². The quantitative estimate of drug-likeness (QED) is 0.780. The molecule has 0 fully saturated rings. The van der Waals surface area contributed by atoms with Crippen molar-refractivity contribution in [2.75, 3.05) is 11.4 Å². The number of para-hydroxylation sites is 1. The molecule has 20 heavy (non-hydrogen) atoms. The second kappa shape index (κ2) is 7.85. The molecule has 5 heteroatoms. The molecule has 0 bridgehead atoms. The summed E-state index contributed by atoms with van der Waals surface area (Å²) in [7, 11) is 0. The summed E-state index contributed by atoms with van der Waals surface area (Å²) >= 11 is 0. The fourth-order valence-electron chi connectivity index (χ4n) is 1.68. The van der Waals surface area contributed by atoms with Crippen LogP contribution in [0, 0.1) is 12.3 Å². The van der Waals surface area contributed by atoms with E-state index < -0.39 is 5.97 Å².